The van der Waals surface area contributed by atoms with Gasteiger partial charge < -0.3 is 101 Å². The van der Waals surface area contributed by atoms with Crippen LogP contribution in [0.2, 0.25) is 0 Å². The lowest BCUT2D eigenvalue weighted by molar-refractivity contribution is -0.147. The molecular weight excluding hydrogens is 1060 g/mol. The summed E-state index contributed by atoms with van der Waals surface area (Å²) in [6.07, 6.45) is -13.5. The average Bonchev–Trinajstić information content (AvgIpc) is 3.94. The van der Waals surface area contributed by atoms with Gasteiger partial charge in [-0.05, 0) is 37.5 Å². The van der Waals surface area contributed by atoms with Crippen LogP contribution in [-0.2, 0) is 44.7 Å². The fraction of sp³-hybridized carbons (Fsp3) is 0.609. The predicted octanol–water partition coefficient (Wildman–Crippen LogP) is -5.25. The highest BCUT2D eigenvalue weighted by molar-refractivity contribution is 8.15. The third kappa shape index (κ3) is 17.4. The zero-order chi connectivity index (χ0) is 58.3. The molecule has 438 valence electrons. The molecular formula is C46H70N8O23S. The van der Waals surface area contributed by atoms with Crippen molar-refractivity contribution in [2.45, 2.75) is 118 Å². The summed E-state index contributed by atoms with van der Waals surface area (Å²) in [5.74, 6) is -9.68. The highest BCUT2D eigenvalue weighted by Crippen LogP contribution is 2.41. The first kappa shape index (κ1) is 64.3. The molecule has 13 atom stereocenters. The molecule has 31 nitrogen and oxygen atoms in total. The van der Waals surface area contributed by atoms with Gasteiger partial charge in [-0.15, -0.1) is 0 Å². The van der Waals surface area contributed by atoms with Crippen molar-refractivity contribution in [3.05, 3.63) is 49.1 Å². The Balaban J connectivity index is 1.90. The van der Waals surface area contributed by atoms with E-state index in [2.05, 4.69) is 34.4 Å². The average molecular weight is 1140 g/mol. The van der Waals surface area contributed by atoms with Crippen molar-refractivity contribution in [3.63, 3.8) is 0 Å². The number of hydrogen-bond donors (Lipinski definition) is 16. The highest BCUT2D eigenvalue weighted by atomic mass is 32.3. The van der Waals surface area contributed by atoms with Crippen molar-refractivity contribution in [1.29, 1.82) is 0 Å². The molecule has 3 saturated heterocycles. The molecule has 3 fully saturated rings. The number of fused-ring (bicyclic) bond motifs is 2. The van der Waals surface area contributed by atoms with Gasteiger partial charge in [-0.3, -0.25) is 42.4 Å². The third-order valence-corrected chi connectivity index (χ3v) is 13.1. The van der Waals surface area contributed by atoms with Crippen LogP contribution in [0.1, 0.15) is 38.7 Å². The van der Waals surface area contributed by atoms with Gasteiger partial charge in [0.25, 0.3) is 11.2 Å². The van der Waals surface area contributed by atoms with Gasteiger partial charge in [-0.25, -0.2) is 9.59 Å². The maximum absolute atomic E-state index is 14.9. The van der Waals surface area contributed by atoms with Crippen LogP contribution < -0.4 is 35.9 Å². The molecule has 17 N–H and O–H groups in total. The van der Waals surface area contributed by atoms with E-state index in [1.165, 1.54) is 19.1 Å². The minimum absolute atomic E-state index is 0.142. The van der Waals surface area contributed by atoms with Crippen LogP contribution in [0.15, 0.2) is 43.5 Å². The Bertz CT molecular complexity index is 2310. The van der Waals surface area contributed by atoms with Gasteiger partial charge in [-0.2, -0.15) is 0 Å². The van der Waals surface area contributed by atoms with Crippen LogP contribution in [0.3, 0.4) is 0 Å². The van der Waals surface area contributed by atoms with Gasteiger partial charge in [0.2, 0.25) is 35.4 Å². The molecule has 0 unspecified atom stereocenters. The number of carbonyl (C=O) groups is 8. The number of rotatable bonds is 18. The normalized spacial score (nSPS) is 27.3. The predicted molar refractivity (Wildman–Crippen MR) is 267 cm³/mol. The first-order valence-corrected chi connectivity index (χ1v) is 25.8. The van der Waals surface area contributed by atoms with E-state index in [1.807, 2.05) is 0 Å². The number of aliphatic hydroxyl groups excluding tert-OH is 8. The van der Waals surface area contributed by atoms with Gasteiger partial charge in [0.15, 0.2) is 11.5 Å². The van der Waals surface area contributed by atoms with Crippen LogP contribution >= 0.6 is 11.2 Å². The van der Waals surface area contributed by atoms with Crippen molar-refractivity contribution in [1.82, 2.24) is 36.0 Å². The van der Waals surface area contributed by atoms with Crippen molar-refractivity contribution in [3.8, 4) is 11.5 Å². The number of nitrogens with one attached hydrogen (secondary N) is 4. The maximum Gasteiger partial charge on any atom is 0.514 e. The smallest absolute Gasteiger partial charge is 0.445 e. The standard InChI is InChI=1S/C46H70N8O23S/c1-5-11-74-45(69)52(25(20-55)21-56)10-9-30(60)36-44(68)54-18-22(3)38(62)37(54)42(66)48-17-26(58)15-28(47)39(63)49-34(23(4)57)43(67)53-19-27(59)16-29(53)40(64)50-35(41(65)51-36)31(61)13-24-7-8-32(76-46(70)75-12-6-2)33(14-24)77-78(71,72)73/h5-8,14,22-23,25-31,34-38,55-62,71-73H,1-2,9-13,15-21,47H2,3-4H3,(H,48,66)(H,49,63)(H,50,64)(H,51,65)/t22-,23+,26+,27+,28-,29-,30+,31+,34-,35-,36-,37-,38-/m0/s1. The fourth-order valence-corrected chi connectivity index (χ4v) is 9.08. The lowest BCUT2D eigenvalue weighted by Gasteiger charge is -2.35. The van der Waals surface area contributed by atoms with Crippen LogP contribution in [0.4, 0.5) is 9.59 Å². The van der Waals surface area contributed by atoms with E-state index >= 15 is 0 Å². The van der Waals surface area contributed by atoms with E-state index in [9.17, 15) is 92.9 Å². The SMILES string of the molecule is C=CCOC(=O)Oc1ccc(C[C@@H](O)[C@@H]2NC(=O)[C@@H]3C[C@@H](O)CN3C(=O)[C@H]([C@@H](C)O)NC(=O)[C@@H](N)C[C@@H](O)CNC(=O)[C@@H]3[C@@H](O)[C@@H](C)CN3C(=O)[C@H]([C@H](O)CCN(C(=O)OCC=C)C(CO)CO)NC2=O)cc1OS(O)(O)O. The summed E-state index contributed by atoms with van der Waals surface area (Å²) >= 11 is -4.87. The summed E-state index contributed by atoms with van der Waals surface area (Å²) in [7, 11) is 0. The molecule has 32 heteroatoms. The zero-order valence-corrected chi connectivity index (χ0v) is 43.3. The van der Waals surface area contributed by atoms with Crippen molar-refractivity contribution in [2.24, 2.45) is 11.7 Å². The Labute approximate surface area is 448 Å². The molecule has 3 aliphatic rings. The summed E-state index contributed by atoms with van der Waals surface area (Å²) < 4.78 is 49.0. The molecule has 1 aromatic rings. The van der Waals surface area contributed by atoms with Gasteiger partial charge in [-0.1, -0.05) is 38.3 Å². The molecule has 3 heterocycles. The molecule has 7 amide bonds. The summed E-state index contributed by atoms with van der Waals surface area (Å²) in [4.78, 5) is 113. The van der Waals surface area contributed by atoms with E-state index in [0.29, 0.717) is 0 Å². The largest absolute Gasteiger partial charge is 0.514 e. The molecule has 0 radical (unpaired) electrons. The summed E-state index contributed by atoms with van der Waals surface area (Å²) in [6.45, 7) is 4.72. The summed E-state index contributed by atoms with van der Waals surface area (Å²) in [6, 6.07) is -9.99. The second-order valence-corrected chi connectivity index (χ2v) is 19.8. The number of nitrogens with zero attached hydrogens (tertiary/aromatic N) is 3. The third-order valence-electron chi connectivity index (χ3n) is 12.7. The molecule has 0 bridgehead atoms. The number of benzene rings is 1. The Morgan fingerprint density at radius 3 is 2.04 bits per heavy atom. The second-order valence-electron chi connectivity index (χ2n) is 18.7. The highest BCUT2D eigenvalue weighted by Gasteiger charge is 2.50. The Morgan fingerprint density at radius 2 is 1.42 bits per heavy atom. The van der Waals surface area contributed by atoms with Gasteiger partial charge in [0.05, 0.1) is 61.9 Å². The lowest BCUT2D eigenvalue weighted by Crippen LogP contribution is -2.64. The molecule has 0 aromatic heterocycles. The first-order chi connectivity index (χ1) is 36.7. The van der Waals surface area contributed by atoms with E-state index in [0.717, 1.165) is 39.8 Å². The first-order valence-electron chi connectivity index (χ1n) is 24.3. The number of carbonyl (C=O) groups excluding carboxylic acids is 8. The maximum atomic E-state index is 14.9. The fourth-order valence-electron chi connectivity index (χ4n) is 8.71. The van der Waals surface area contributed by atoms with E-state index in [-0.39, 0.29) is 18.8 Å². The number of nitrogens with two attached hydrogens (primary N) is 1. The minimum atomic E-state index is -4.87. The minimum Gasteiger partial charge on any atom is -0.445 e. The molecule has 78 heavy (non-hydrogen) atoms. The van der Waals surface area contributed by atoms with Crippen molar-refractivity contribution in [2.75, 3.05) is 52.6 Å². The van der Waals surface area contributed by atoms with Gasteiger partial charge in [0.1, 0.15) is 43.4 Å². The Morgan fingerprint density at radius 1 is 0.808 bits per heavy atom. The number of amides is 7. The van der Waals surface area contributed by atoms with Crippen molar-refractivity contribution >= 4 is 58.8 Å². The number of aliphatic hydroxyl groups is 8. The Hall–Kier alpha value is -6.27. The van der Waals surface area contributed by atoms with Crippen LogP contribution in [-0.4, -0.2) is 248 Å². The Kier molecular flexibility index (Phi) is 24.0. The molecule has 0 spiro atoms. The molecule has 0 saturated carbocycles. The second kappa shape index (κ2) is 29.1. The number of ether oxygens (including phenoxy) is 3. The van der Waals surface area contributed by atoms with Gasteiger partial charge >= 0.3 is 12.2 Å². The van der Waals surface area contributed by atoms with Crippen LogP contribution in [0.25, 0.3) is 0 Å². The quantitative estimate of drug-likeness (QED) is 0.0371. The zero-order valence-electron chi connectivity index (χ0n) is 42.5. The van der Waals surface area contributed by atoms with Crippen LogP contribution in [0, 0.1) is 5.92 Å². The van der Waals surface area contributed by atoms with E-state index in [1.54, 1.807) is 0 Å². The summed E-state index contributed by atoms with van der Waals surface area (Å²) in [5.41, 5.74) is 5.92. The summed E-state index contributed by atoms with van der Waals surface area (Å²) in [5, 5.41) is 96.9. The molecule has 3 aliphatic heterocycles. The molecule has 0 aliphatic carbocycles. The van der Waals surface area contributed by atoms with E-state index < -0.39 is 220 Å². The molecule has 4 rings (SSSR count). The number of hydrogen-bond acceptors (Lipinski definition) is 24. The monoisotopic (exact) mass is 1130 g/mol. The van der Waals surface area contributed by atoms with Gasteiger partial charge in [0, 0.05) is 44.9 Å². The lowest BCUT2D eigenvalue weighted by atomic mass is 9.98. The molecule has 1 aromatic carbocycles. The van der Waals surface area contributed by atoms with Crippen molar-refractivity contribution < 1.29 is 111 Å². The topological polar surface area (TPSA) is 480 Å². The number of β-amino-alcohol motifs (C(OH)–C–C–N with tert-alkyl or cyclic N) is 1. The van der Waals surface area contributed by atoms with E-state index in [4.69, 9.17) is 24.1 Å². The van der Waals surface area contributed by atoms with Crippen LogP contribution in [0.5, 0.6) is 11.5 Å².